The number of rotatable bonds is 3. The quantitative estimate of drug-likeness (QED) is 0.732. The lowest BCUT2D eigenvalue weighted by Gasteiger charge is -2.17. The van der Waals surface area contributed by atoms with Crippen LogP contribution in [0.3, 0.4) is 0 Å². The fourth-order valence-corrected chi connectivity index (χ4v) is 2.61. The van der Waals surface area contributed by atoms with Crippen molar-refractivity contribution in [3.05, 3.63) is 40.5 Å². The van der Waals surface area contributed by atoms with Crippen molar-refractivity contribution < 1.29 is 13.9 Å². The van der Waals surface area contributed by atoms with Crippen LogP contribution in [0.4, 0.5) is 11.7 Å². The number of oxazole rings is 1. The van der Waals surface area contributed by atoms with Crippen molar-refractivity contribution in [3.63, 3.8) is 0 Å². The molecule has 7 nitrogen and oxygen atoms in total. The predicted molar refractivity (Wildman–Crippen MR) is 87.4 cm³/mol. The Morgan fingerprint density at radius 3 is 3.17 bits per heavy atom. The Kier molecular flexibility index (Phi) is 3.38. The highest BCUT2D eigenvalue weighted by molar-refractivity contribution is 9.10. The van der Waals surface area contributed by atoms with Crippen LogP contribution in [0.25, 0.3) is 11.1 Å². The lowest BCUT2D eigenvalue weighted by atomic mass is 10.2. The normalized spacial score (nSPS) is 13.3. The third kappa shape index (κ3) is 2.85. The number of hydrogen-bond acceptors (Lipinski definition) is 6. The van der Waals surface area contributed by atoms with Gasteiger partial charge in [0, 0.05) is 17.2 Å². The summed E-state index contributed by atoms with van der Waals surface area (Å²) in [6.45, 7) is 0.459. The van der Waals surface area contributed by atoms with Crippen LogP contribution in [-0.4, -0.2) is 22.5 Å². The number of carbonyl (C=O) groups is 1. The molecule has 0 spiro atoms. The zero-order valence-electron chi connectivity index (χ0n) is 11.8. The number of anilines is 2. The minimum absolute atomic E-state index is 0.00391. The molecule has 2 N–H and O–H groups in total. The van der Waals surface area contributed by atoms with E-state index >= 15 is 0 Å². The second kappa shape index (κ2) is 5.54. The summed E-state index contributed by atoms with van der Waals surface area (Å²) in [5.74, 6) is 0.244. The minimum Gasteiger partial charge on any atom is -0.466 e. The highest BCUT2D eigenvalue weighted by Gasteiger charge is 2.17. The fourth-order valence-electron chi connectivity index (χ4n) is 2.27. The van der Waals surface area contributed by atoms with Crippen molar-refractivity contribution in [2.75, 3.05) is 17.2 Å². The summed E-state index contributed by atoms with van der Waals surface area (Å²) in [7, 11) is 0. The smallest absolute Gasteiger partial charge is 0.295 e. The largest absolute Gasteiger partial charge is 0.466 e. The van der Waals surface area contributed by atoms with Gasteiger partial charge in [-0.3, -0.25) is 4.79 Å². The van der Waals surface area contributed by atoms with Crippen molar-refractivity contribution in [1.82, 2.24) is 9.97 Å². The number of ether oxygens (including phenoxy) is 1. The maximum absolute atomic E-state index is 11.3. The fraction of sp³-hybridized carbons (Fsp3) is 0.133. The molecule has 0 atom stereocenters. The number of amides is 1. The number of halogens is 1. The zero-order valence-corrected chi connectivity index (χ0v) is 13.4. The van der Waals surface area contributed by atoms with Gasteiger partial charge in [-0.2, -0.15) is 4.98 Å². The summed E-state index contributed by atoms with van der Waals surface area (Å²) < 4.78 is 11.8. The summed E-state index contributed by atoms with van der Waals surface area (Å²) in [6.07, 6.45) is 1.68. The molecule has 23 heavy (non-hydrogen) atoms. The first-order valence-electron chi connectivity index (χ1n) is 6.89. The Balaban J connectivity index is 1.51. The third-order valence-electron chi connectivity index (χ3n) is 3.32. The molecule has 0 aliphatic carbocycles. The van der Waals surface area contributed by atoms with Crippen LogP contribution < -0.4 is 15.4 Å². The summed E-state index contributed by atoms with van der Waals surface area (Å²) >= 11 is 3.39. The highest BCUT2D eigenvalue weighted by atomic mass is 79.9. The van der Waals surface area contributed by atoms with Gasteiger partial charge in [0.25, 0.3) is 11.9 Å². The van der Waals surface area contributed by atoms with Gasteiger partial charge in [0.1, 0.15) is 11.2 Å². The first kappa shape index (κ1) is 14.0. The van der Waals surface area contributed by atoms with E-state index in [1.807, 2.05) is 24.3 Å². The topological polar surface area (TPSA) is 89.3 Å². The molecule has 2 aromatic heterocycles. The number of hydrogen-bond donors (Lipinski definition) is 2. The van der Waals surface area contributed by atoms with E-state index in [0.29, 0.717) is 29.7 Å². The number of nitrogens with one attached hydrogen (secondary N) is 2. The van der Waals surface area contributed by atoms with E-state index < -0.39 is 0 Å². The molecule has 1 aliphatic heterocycles. The predicted octanol–water partition coefficient (Wildman–Crippen LogP) is 2.93. The average Bonchev–Trinajstić information content (AvgIpc) is 2.94. The van der Waals surface area contributed by atoms with Crippen LogP contribution in [0.1, 0.15) is 5.56 Å². The van der Waals surface area contributed by atoms with Gasteiger partial charge in [0.15, 0.2) is 12.2 Å². The van der Waals surface area contributed by atoms with Gasteiger partial charge in [-0.15, -0.1) is 0 Å². The Bertz CT molecular complexity index is 909. The molecule has 0 saturated heterocycles. The van der Waals surface area contributed by atoms with Crippen molar-refractivity contribution in [3.8, 4) is 5.88 Å². The Hall–Kier alpha value is -2.61. The molecular weight excluding hydrogens is 364 g/mol. The van der Waals surface area contributed by atoms with Gasteiger partial charge in [-0.05, 0) is 29.8 Å². The zero-order chi connectivity index (χ0) is 15.8. The standard InChI is InChI=1S/C15H11BrN4O3/c16-9-1-2-10-12(4-9)23-15(20-10)18-6-8-3-11-14(17-5-8)22-7-13(21)19-11/h1-5H,6-7H2,(H,18,20)(H,19,21). The Morgan fingerprint density at radius 1 is 1.35 bits per heavy atom. The van der Waals surface area contributed by atoms with Crippen LogP contribution in [0.2, 0.25) is 0 Å². The first-order chi connectivity index (χ1) is 11.2. The minimum atomic E-state index is -0.186. The van der Waals surface area contributed by atoms with Crippen LogP contribution in [0, 0.1) is 0 Å². The number of aromatic nitrogens is 2. The maximum atomic E-state index is 11.3. The molecule has 0 unspecified atom stereocenters. The number of carbonyl (C=O) groups excluding carboxylic acids is 1. The van der Waals surface area contributed by atoms with E-state index in [1.165, 1.54) is 0 Å². The van der Waals surface area contributed by atoms with Gasteiger partial charge >= 0.3 is 0 Å². The first-order valence-corrected chi connectivity index (χ1v) is 7.68. The molecular formula is C15H11BrN4O3. The summed E-state index contributed by atoms with van der Waals surface area (Å²) in [6, 6.07) is 7.88. The number of nitrogens with zero attached hydrogens (tertiary/aromatic N) is 2. The molecule has 8 heteroatoms. The van der Waals surface area contributed by atoms with Gasteiger partial charge in [-0.1, -0.05) is 15.9 Å². The van der Waals surface area contributed by atoms with Gasteiger partial charge in [-0.25, -0.2) is 4.98 Å². The molecule has 0 bridgehead atoms. The van der Waals surface area contributed by atoms with Crippen LogP contribution in [0.5, 0.6) is 5.88 Å². The lowest BCUT2D eigenvalue weighted by molar-refractivity contribution is -0.118. The van der Waals surface area contributed by atoms with Gasteiger partial charge in [0.2, 0.25) is 5.88 Å². The van der Waals surface area contributed by atoms with E-state index in [2.05, 4.69) is 36.5 Å². The molecule has 1 amide bonds. The lowest BCUT2D eigenvalue weighted by Crippen LogP contribution is -2.26. The van der Waals surface area contributed by atoms with Crippen LogP contribution in [0.15, 0.2) is 39.4 Å². The number of fused-ring (bicyclic) bond motifs is 2. The molecule has 4 rings (SSSR count). The van der Waals surface area contributed by atoms with Crippen LogP contribution in [-0.2, 0) is 11.3 Å². The Labute approximate surface area is 139 Å². The van der Waals surface area contributed by atoms with E-state index in [0.717, 1.165) is 15.6 Å². The van der Waals surface area contributed by atoms with Gasteiger partial charge in [0.05, 0.1) is 0 Å². The monoisotopic (exact) mass is 374 g/mol. The van der Waals surface area contributed by atoms with Gasteiger partial charge < -0.3 is 19.8 Å². The Morgan fingerprint density at radius 2 is 2.26 bits per heavy atom. The van der Waals surface area contributed by atoms with Crippen molar-refractivity contribution in [1.29, 1.82) is 0 Å². The van der Waals surface area contributed by atoms with Crippen LogP contribution >= 0.6 is 15.9 Å². The summed E-state index contributed by atoms with van der Waals surface area (Å²) in [5, 5.41) is 5.83. The molecule has 3 heterocycles. The van der Waals surface area contributed by atoms with Crippen molar-refractivity contribution >= 4 is 44.6 Å². The summed E-state index contributed by atoms with van der Waals surface area (Å²) in [5.41, 5.74) is 2.92. The van der Waals surface area contributed by atoms with E-state index in [9.17, 15) is 4.79 Å². The van der Waals surface area contributed by atoms with E-state index in [1.54, 1.807) is 6.20 Å². The van der Waals surface area contributed by atoms with Crippen molar-refractivity contribution in [2.24, 2.45) is 0 Å². The second-order valence-electron chi connectivity index (χ2n) is 5.02. The number of pyridine rings is 1. The molecule has 0 fully saturated rings. The molecule has 1 aliphatic rings. The van der Waals surface area contributed by atoms with E-state index in [-0.39, 0.29) is 12.5 Å². The number of benzene rings is 1. The molecule has 0 saturated carbocycles. The average molecular weight is 375 g/mol. The molecule has 0 radical (unpaired) electrons. The highest BCUT2D eigenvalue weighted by Crippen LogP contribution is 2.26. The summed E-state index contributed by atoms with van der Waals surface area (Å²) in [4.78, 5) is 19.9. The molecule has 3 aromatic rings. The maximum Gasteiger partial charge on any atom is 0.295 e. The molecule has 1 aromatic carbocycles. The van der Waals surface area contributed by atoms with Crippen molar-refractivity contribution in [2.45, 2.75) is 6.54 Å². The SMILES string of the molecule is O=C1COc2ncc(CNc3nc4ccc(Br)cc4o3)cc2N1. The molecule has 116 valence electrons. The third-order valence-corrected chi connectivity index (χ3v) is 3.81. The van der Waals surface area contributed by atoms with E-state index in [4.69, 9.17) is 9.15 Å². The second-order valence-corrected chi connectivity index (χ2v) is 5.93.